The third-order valence-electron chi connectivity index (χ3n) is 5.49. The van der Waals surface area contributed by atoms with Crippen molar-refractivity contribution in [2.24, 2.45) is 7.05 Å². The fraction of sp³-hybridized carbons (Fsp3) is 0.208. The SMILES string of the molecule is Cn1ccc(-c2cccc(-c3nc(N4CCOCC4)nc(Nc4ccncc4)c3C(=O)O)c2)n1. The first-order valence-corrected chi connectivity index (χ1v) is 10.8. The lowest BCUT2D eigenvalue weighted by atomic mass is 10.0. The third kappa shape index (κ3) is 4.44. The number of pyridine rings is 1. The summed E-state index contributed by atoms with van der Waals surface area (Å²) in [5, 5.41) is 17.8. The van der Waals surface area contributed by atoms with Crippen LogP contribution in [0.25, 0.3) is 22.5 Å². The maximum absolute atomic E-state index is 12.5. The molecule has 0 radical (unpaired) electrons. The minimum absolute atomic E-state index is 0.00741. The molecule has 0 amide bonds. The first-order chi connectivity index (χ1) is 16.6. The van der Waals surface area contributed by atoms with Gasteiger partial charge in [-0.15, -0.1) is 0 Å². The fourth-order valence-electron chi connectivity index (χ4n) is 3.82. The van der Waals surface area contributed by atoms with Crippen LogP contribution in [-0.2, 0) is 11.8 Å². The summed E-state index contributed by atoms with van der Waals surface area (Å²) in [6.45, 7) is 2.35. The Kier molecular flexibility index (Phi) is 5.88. The highest BCUT2D eigenvalue weighted by Gasteiger charge is 2.25. The van der Waals surface area contributed by atoms with Gasteiger partial charge in [0.1, 0.15) is 5.56 Å². The summed E-state index contributed by atoms with van der Waals surface area (Å²) < 4.78 is 7.19. The van der Waals surface area contributed by atoms with E-state index in [1.54, 1.807) is 29.2 Å². The number of hydrogen-bond acceptors (Lipinski definition) is 8. The highest BCUT2D eigenvalue weighted by molar-refractivity contribution is 6.01. The van der Waals surface area contributed by atoms with Gasteiger partial charge in [-0.1, -0.05) is 18.2 Å². The molecule has 4 heterocycles. The molecule has 10 heteroatoms. The number of carboxylic acid groups (broad SMARTS) is 1. The van der Waals surface area contributed by atoms with E-state index in [1.165, 1.54) is 0 Å². The summed E-state index contributed by atoms with van der Waals surface area (Å²) in [5.41, 5.74) is 3.32. The second-order valence-electron chi connectivity index (χ2n) is 7.82. The summed E-state index contributed by atoms with van der Waals surface area (Å²) in [4.78, 5) is 27.8. The molecule has 34 heavy (non-hydrogen) atoms. The van der Waals surface area contributed by atoms with E-state index in [0.29, 0.717) is 49.2 Å². The van der Waals surface area contributed by atoms with E-state index in [1.807, 2.05) is 48.5 Å². The molecule has 3 aromatic heterocycles. The third-order valence-corrected chi connectivity index (χ3v) is 5.49. The van der Waals surface area contributed by atoms with Gasteiger partial charge in [0.15, 0.2) is 5.82 Å². The molecule has 0 aliphatic carbocycles. The molecule has 1 aliphatic rings. The van der Waals surface area contributed by atoms with Crippen molar-refractivity contribution >= 4 is 23.4 Å². The highest BCUT2D eigenvalue weighted by atomic mass is 16.5. The van der Waals surface area contributed by atoms with Crippen LogP contribution in [0.3, 0.4) is 0 Å². The van der Waals surface area contributed by atoms with Crippen molar-refractivity contribution in [3.8, 4) is 22.5 Å². The quantitative estimate of drug-likeness (QED) is 0.450. The fourth-order valence-corrected chi connectivity index (χ4v) is 3.82. The van der Waals surface area contributed by atoms with Crippen LogP contribution in [0.4, 0.5) is 17.5 Å². The molecule has 5 rings (SSSR count). The summed E-state index contributed by atoms with van der Waals surface area (Å²) in [7, 11) is 1.85. The minimum Gasteiger partial charge on any atom is -0.477 e. The number of ether oxygens (including phenoxy) is 1. The molecule has 0 unspecified atom stereocenters. The molecule has 0 atom stereocenters. The molecule has 1 fully saturated rings. The Balaban J connectivity index is 1.67. The van der Waals surface area contributed by atoms with Crippen molar-refractivity contribution in [1.82, 2.24) is 24.7 Å². The summed E-state index contributed by atoms with van der Waals surface area (Å²) >= 11 is 0. The van der Waals surface area contributed by atoms with Crippen LogP contribution in [0.2, 0.25) is 0 Å². The van der Waals surface area contributed by atoms with Crippen LogP contribution >= 0.6 is 0 Å². The van der Waals surface area contributed by atoms with Gasteiger partial charge in [-0.05, 0) is 24.3 Å². The maximum atomic E-state index is 12.5. The lowest BCUT2D eigenvalue weighted by Crippen LogP contribution is -2.37. The Morgan fingerprint density at radius 2 is 1.82 bits per heavy atom. The molecule has 0 saturated carbocycles. The summed E-state index contributed by atoms with van der Waals surface area (Å²) in [6, 6.07) is 13.0. The number of aromatic nitrogens is 5. The van der Waals surface area contributed by atoms with Gasteiger partial charge in [0, 0.05) is 55.5 Å². The first kappa shape index (κ1) is 21.5. The van der Waals surface area contributed by atoms with E-state index in [-0.39, 0.29) is 11.4 Å². The molecule has 0 bridgehead atoms. The number of nitrogens with zero attached hydrogens (tertiary/aromatic N) is 6. The van der Waals surface area contributed by atoms with Gasteiger partial charge in [0.25, 0.3) is 0 Å². The van der Waals surface area contributed by atoms with E-state index in [2.05, 4.69) is 20.4 Å². The highest BCUT2D eigenvalue weighted by Crippen LogP contribution is 2.33. The Bertz CT molecular complexity index is 1320. The van der Waals surface area contributed by atoms with Gasteiger partial charge < -0.3 is 20.1 Å². The number of anilines is 3. The van der Waals surface area contributed by atoms with E-state index in [0.717, 1.165) is 11.3 Å². The average Bonchev–Trinajstić information content (AvgIpc) is 3.31. The predicted molar refractivity (Wildman–Crippen MR) is 127 cm³/mol. The van der Waals surface area contributed by atoms with Crippen LogP contribution in [0.1, 0.15) is 10.4 Å². The molecule has 1 aromatic carbocycles. The molecule has 10 nitrogen and oxygen atoms in total. The van der Waals surface area contributed by atoms with Gasteiger partial charge in [0.2, 0.25) is 5.95 Å². The molecular formula is C24H23N7O3. The molecule has 4 aromatic rings. The van der Waals surface area contributed by atoms with Gasteiger partial charge >= 0.3 is 5.97 Å². The lowest BCUT2D eigenvalue weighted by Gasteiger charge is -2.28. The number of hydrogen-bond donors (Lipinski definition) is 2. The molecule has 1 saturated heterocycles. The predicted octanol–water partition coefficient (Wildman–Crippen LogP) is 3.22. The number of nitrogens with one attached hydrogen (secondary N) is 1. The largest absolute Gasteiger partial charge is 0.477 e. The van der Waals surface area contributed by atoms with Crippen molar-refractivity contribution in [3.63, 3.8) is 0 Å². The average molecular weight is 457 g/mol. The minimum atomic E-state index is -1.12. The van der Waals surface area contributed by atoms with E-state index in [4.69, 9.17) is 9.72 Å². The van der Waals surface area contributed by atoms with Crippen LogP contribution in [-0.4, -0.2) is 62.1 Å². The van der Waals surface area contributed by atoms with Crippen molar-refractivity contribution in [2.45, 2.75) is 0 Å². The molecule has 2 N–H and O–H groups in total. The monoisotopic (exact) mass is 457 g/mol. The number of benzene rings is 1. The second kappa shape index (κ2) is 9.28. The first-order valence-electron chi connectivity index (χ1n) is 10.8. The molecule has 0 spiro atoms. The Morgan fingerprint density at radius 1 is 1.06 bits per heavy atom. The zero-order chi connectivity index (χ0) is 23.5. The molecule has 1 aliphatic heterocycles. The summed E-state index contributed by atoms with van der Waals surface area (Å²) in [5.74, 6) is -0.458. The second-order valence-corrected chi connectivity index (χ2v) is 7.82. The standard InChI is InChI=1S/C24H23N7O3/c1-30-10-7-19(29-30)16-3-2-4-17(15-16)21-20(23(32)33)22(26-18-5-8-25-9-6-18)28-24(27-21)31-11-13-34-14-12-31/h2-10,15H,11-14H2,1H3,(H,32,33)(H,25,26,27,28). The number of carbonyl (C=O) groups is 1. The normalized spacial score (nSPS) is 13.6. The zero-order valence-electron chi connectivity index (χ0n) is 18.5. The number of carboxylic acids is 1. The maximum Gasteiger partial charge on any atom is 0.341 e. The van der Waals surface area contributed by atoms with Gasteiger partial charge in [0.05, 0.1) is 24.6 Å². The molecule has 172 valence electrons. The number of rotatable bonds is 6. The summed E-state index contributed by atoms with van der Waals surface area (Å²) in [6.07, 6.45) is 5.12. The Labute approximate surface area is 195 Å². The number of morpholine rings is 1. The zero-order valence-corrected chi connectivity index (χ0v) is 18.5. The van der Waals surface area contributed by atoms with Crippen LogP contribution < -0.4 is 10.2 Å². The van der Waals surface area contributed by atoms with E-state index in [9.17, 15) is 9.90 Å². The molecular weight excluding hydrogens is 434 g/mol. The Morgan fingerprint density at radius 3 is 2.53 bits per heavy atom. The van der Waals surface area contributed by atoms with Crippen molar-refractivity contribution in [2.75, 3.05) is 36.5 Å². The van der Waals surface area contributed by atoms with E-state index >= 15 is 0 Å². The van der Waals surface area contributed by atoms with Crippen molar-refractivity contribution < 1.29 is 14.6 Å². The topological polar surface area (TPSA) is 118 Å². The van der Waals surface area contributed by atoms with Gasteiger partial charge in [-0.3, -0.25) is 9.67 Å². The van der Waals surface area contributed by atoms with Crippen molar-refractivity contribution in [3.05, 3.63) is 66.6 Å². The van der Waals surface area contributed by atoms with Gasteiger partial charge in [-0.2, -0.15) is 10.1 Å². The van der Waals surface area contributed by atoms with Gasteiger partial charge in [-0.25, -0.2) is 9.78 Å². The number of aryl methyl sites for hydroxylation is 1. The Hall–Kier alpha value is -4.31. The lowest BCUT2D eigenvalue weighted by molar-refractivity contribution is 0.0698. The van der Waals surface area contributed by atoms with Crippen LogP contribution in [0, 0.1) is 0 Å². The van der Waals surface area contributed by atoms with Crippen LogP contribution in [0.15, 0.2) is 61.1 Å². The smallest absolute Gasteiger partial charge is 0.341 e. The number of aromatic carboxylic acids is 1. The van der Waals surface area contributed by atoms with Crippen molar-refractivity contribution in [1.29, 1.82) is 0 Å². The van der Waals surface area contributed by atoms with E-state index < -0.39 is 5.97 Å². The van der Waals surface area contributed by atoms with Crippen LogP contribution in [0.5, 0.6) is 0 Å².